The highest BCUT2D eigenvalue weighted by molar-refractivity contribution is 5.51. The van der Waals surface area contributed by atoms with Crippen LogP contribution in [0.1, 0.15) is 45.1 Å². The van der Waals surface area contributed by atoms with Crippen molar-refractivity contribution in [3.05, 3.63) is 29.8 Å². The summed E-state index contributed by atoms with van der Waals surface area (Å²) < 4.78 is 5.50. The normalized spacial score (nSPS) is 12.3. The molecule has 0 aliphatic rings. The lowest BCUT2D eigenvalue weighted by molar-refractivity contribution is 0.0416. The van der Waals surface area contributed by atoms with Crippen molar-refractivity contribution >= 4 is 5.69 Å². The Morgan fingerprint density at radius 1 is 1.15 bits per heavy atom. The summed E-state index contributed by atoms with van der Waals surface area (Å²) in [6.07, 6.45) is 5.35. The minimum absolute atomic E-state index is 0.410. The van der Waals surface area contributed by atoms with Gasteiger partial charge >= 0.3 is 0 Å². The van der Waals surface area contributed by atoms with E-state index in [1.54, 1.807) is 0 Å². The minimum Gasteiger partial charge on any atom is -0.389 e. The van der Waals surface area contributed by atoms with Gasteiger partial charge in [-0.05, 0) is 24.5 Å². The zero-order chi connectivity index (χ0) is 14.6. The number of benzene rings is 1. The van der Waals surface area contributed by atoms with Crippen molar-refractivity contribution in [1.29, 1.82) is 0 Å². The third-order valence-corrected chi connectivity index (χ3v) is 3.38. The van der Waals surface area contributed by atoms with Crippen molar-refractivity contribution in [3.63, 3.8) is 0 Å². The van der Waals surface area contributed by atoms with Crippen molar-refractivity contribution in [2.24, 2.45) is 0 Å². The van der Waals surface area contributed by atoms with Gasteiger partial charge in [-0.25, -0.2) is 0 Å². The van der Waals surface area contributed by atoms with Crippen molar-refractivity contribution in [3.8, 4) is 0 Å². The molecular weight excluding hydrogens is 250 g/mol. The fourth-order valence-corrected chi connectivity index (χ4v) is 2.14. The molecule has 0 saturated carbocycles. The van der Waals surface area contributed by atoms with Crippen LogP contribution in [-0.4, -0.2) is 31.0 Å². The van der Waals surface area contributed by atoms with Gasteiger partial charge in [-0.15, -0.1) is 0 Å². The van der Waals surface area contributed by atoms with E-state index in [0.29, 0.717) is 13.2 Å². The monoisotopic (exact) mass is 279 g/mol. The number of aryl methyl sites for hydroxylation is 1. The molecule has 0 aliphatic carbocycles. The Labute approximate surface area is 123 Å². The van der Waals surface area contributed by atoms with E-state index < -0.39 is 6.10 Å². The topological polar surface area (TPSA) is 41.5 Å². The van der Waals surface area contributed by atoms with Crippen molar-refractivity contribution in [1.82, 2.24) is 0 Å². The van der Waals surface area contributed by atoms with Gasteiger partial charge in [-0.3, -0.25) is 0 Å². The van der Waals surface area contributed by atoms with Gasteiger partial charge in [0, 0.05) is 18.8 Å². The second-order valence-corrected chi connectivity index (χ2v) is 5.18. The quantitative estimate of drug-likeness (QED) is 0.608. The highest BCUT2D eigenvalue weighted by atomic mass is 16.5. The van der Waals surface area contributed by atoms with Crippen molar-refractivity contribution < 1.29 is 9.84 Å². The molecule has 0 fully saturated rings. The average molecular weight is 279 g/mol. The summed E-state index contributed by atoms with van der Waals surface area (Å²) in [5, 5.41) is 13.2. The predicted molar refractivity (Wildman–Crippen MR) is 85.3 cm³/mol. The number of ether oxygens (including phenoxy) is 1. The van der Waals surface area contributed by atoms with Gasteiger partial charge in [0.25, 0.3) is 0 Å². The van der Waals surface area contributed by atoms with Crippen LogP contribution in [0.25, 0.3) is 0 Å². The van der Waals surface area contributed by atoms with Crippen LogP contribution in [0.5, 0.6) is 0 Å². The SMILES string of the molecule is CCCCCCOCC(O)CNc1ccccc1CC. The first kappa shape index (κ1) is 17.0. The molecule has 0 spiro atoms. The highest BCUT2D eigenvalue weighted by Crippen LogP contribution is 2.15. The molecule has 2 N–H and O–H groups in total. The van der Waals surface area contributed by atoms with Crippen molar-refractivity contribution in [2.45, 2.75) is 52.1 Å². The molecule has 1 aromatic carbocycles. The summed E-state index contributed by atoms with van der Waals surface area (Å²) in [6, 6.07) is 8.22. The Morgan fingerprint density at radius 2 is 1.95 bits per heavy atom. The molecule has 0 radical (unpaired) electrons. The zero-order valence-electron chi connectivity index (χ0n) is 12.9. The molecule has 0 aromatic heterocycles. The first-order chi connectivity index (χ1) is 9.77. The second-order valence-electron chi connectivity index (χ2n) is 5.18. The number of unbranched alkanes of at least 4 members (excludes halogenated alkanes) is 3. The van der Waals surface area contributed by atoms with Crippen LogP contribution in [0.15, 0.2) is 24.3 Å². The molecule has 0 bridgehead atoms. The van der Waals surface area contributed by atoms with Crippen LogP contribution in [0, 0.1) is 0 Å². The third kappa shape index (κ3) is 6.92. The van der Waals surface area contributed by atoms with Gasteiger partial charge in [0.15, 0.2) is 0 Å². The molecule has 1 rings (SSSR count). The van der Waals surface area contributed by atoms with Gasteiger partial charge in [-0.1, -0.05) is 51.3 Å². The number of aliphatic hydroxyl groups is 1. The van der Waals surface area contributed by atoms with E-state index in [9.17, 15) is 5.11 Å². The zero-order valence-corrected chi connectivity index (χ0v) is 12.9. The summed E-state index contributed by atoms with van der Waals surface area (Å²) in [4.78, 5) is 0. The molecule has 0 heterocycles. The number of nitrogens with one attached hydrogen (secondary N) is 1. The molecule has 1 aromatic rings. The lowest BCUT2D eigenvalue weighted by Crippen LogP contribution is -2.25. The Balaban J connectivity index is 2.14. The van der Waals surface area contributed by atoms with Crippen LogP contribution in [0.4, 0.5) is 5.69 Å². The van der Waals surface area contributed by atoms with Crippen LogP contribution in [0.3, 0.4) is 0 Å². The van der Waals surface area contributed by atoms with E-state index in [2.05, 4.69) is 31.3 Å². The fourth-order valence-electron chi connectivity index (χ4n) is 2.14. The number of anilines is 1. The summed E-state index contributed by atoms with van der Waals surface area (Å²) in [5.41, 5.74) is 2.39. The number of hydrogen-bond acceptors (Lipinski definition) is 3. The minimum atomic E-state index is -0.453. The summed E-state index contributed by atoms with van der Waals surface area (Å²) >= 11 is 0. The van der Waals surface area contributed by atoms with E-state index in [4.69, 9.17) is 4.74 Å². The maximum absolute atomic E-state index is 9.89. The lowest BCUT2D eigenvalue weighted by Gasteiger charge is -2.15. The Morgan fingerprint density at radius 3 is 2.70 bits per heavy atom. The second kappa shape index (κ2) is 10.7. The van der Waals surface area contributed by atoms with E-state index >= 15 is 0 Å². The van der Waals surface area contributed by atoms with Crippen LogP contribution >= 0.6 is 0 Å². The van der Waals surface area contributed by atoms with Gasteiger partial charge in [0.2, 0.25) is 0 Å². The molecule has 20 heavy (non-hydrogen) atoms. The van der Waals surface area contributed by atoms with Gasteiger partial charge < -0.3 is 15.2 Å². The number of aliphatic hydroxyl groups excluding tert-OH is 1. The number of rotatable bonds is 11. The molecule has 3 heteroatoms. The number of hydrogen-bond donors (Lipinski definition) is 2. The van der Waals surface area contributed by atoms with Crippen LogP contribution in [0.2, 0.25) is 0 Å². The maximum atomic E-state index is 9.89. The number of para-hydroxylation sites is 1. The molecule has 1 unspecified atom stereocenters. The first-order valence-corrected chi connectivity index (χ1v) is 7.85. The third-order valence-electron chi connectivity index (χ3n) is 3.38. The first-order valence-electron chi connectivity index (χ1n) is 7.85. The van der Waals surface area contributed by atoms with Crippen LogP contribution in [-0.2, 0) is 11.2 Å². The molecule has 114 valence electrons. The predicted octanol–water partition coefficient (Wildman–Crippen LogP) is 3.62. The fraction of sp³-hybridized carbons (Fsp3) is 0.647. The largest absolute Gasteiger partial charge is 0.389 e. The molecular formula is C17H29NO2. The Hall–Kier alpha value is -1.06. The van der Waals surface area contributed by atoms with Gasteiger partial charge in [-0.2, -0.15) is 0 Å². The highest BCUT2D eigenvalue weighted by Gasteiger charge is 2.05. The standard InChI is InChI=1S/C17H29NO2/c1-3-5-6-9-12-20-14-16(19)13-18-17-11-8-7-10-15(17)4-2/h7-8,10-11,16,18-19H,3-6,9,12-14H2,1-2H3. The van der Waals surface area contributed by atoms with Gasteiger partial charge in [0.1, 0.15) is 0 Å². The van der Waals surface area contributed by atoms with Crippen LogP contribution < -0.4 is 5.32 Å². The van der Waals surface area contributed by atoms with Crippen molar-refractivity contribution in [2.75, 3.05) is 25.1 Å². The summed E-state index contributed by atoms with van der Waals surface area (Å²) in [6.45, 7) is 6.03. The molecule has 1 atom stereocenters. The summed E-state index contributed by atoms with van der Waals surface area (Å²) in [7, 11) is 0. The van der Waals surface area contributed by atoms with E-state index in [-0.39, 0.29) is 0 Å². The van der Waals surface area contributed by atoms with E-state index in [1.807, 2.05) is 12.1 Å². The Bertz CT molecular complexity index is 355. The molecule has 0 saturated heterocycles. The van der Waals surface area contributed by atoms with Gasteiger partial charge in [0.05, 0.1) is 12.7 Å². The molecule has 0 amide bonds. The van der Waals surface area contributed by atoms with E-state index in [0.717, 1.165) is 25.1 Å². The lowest BCUT2D eigenvalue weighted by atomic mass is 10.1. The smallest absolute Gasteiger partial charge is 0.0945 e. The average Bonchev–Trinajstić information content (AvgIpc) is 2.49. The molecule has 3 nitrogen and oxygen atoms in total. The van der Waals surface area contributed by atoms with E-state index in [1.165, 1.54) is 24.8 Å². The Kier molecular flexibility index (Phi) is 9.09. The maximum Gasteiger partial charge on any atom is 0.0945 e. The summed E-state index contributed by atoms with van der Waals surface area (Å²) in [5.74, 6) is 0. The molecule has 0 aliphatic heterocycles.